The van der Waals surface area contributed by atoms with Crippen LogP contribution in [0.5, 0.6) is 0 Å². The van der Waals surface area contributed by atoms with Crippen molar-refractivity contribution in [1.29, 1.82) is 0 Å². The number of aliphatic hydroxyl groups is 5. The Balaban J connectivity index is 2.95. The van der Waals surface area contributed by atoms with Crippen LogP contribution in [0, 0.1) is 11.8 Å². The molecule has 220 valence electrons. The van der Waals surface area contributed by atoms with Gasteiger partial charge in [0.05, 0.1) is 25.1 Å². The van der Waals surface area contributed by atoms with Crippen LogP contribution in [0.1, 0.15) is 52.1 Å². The molecule has 0 bridgehead atoms. The summed E-state index contributed by atoms with van der Waals surface area (Å²) in [5, 5.41) is 67.4. The summed E-state index contributed by atoms with van der Waals surface area (Å²) in [6, 6.07) is 4.30. The topological polar surface area (TPSA) is 226 Å². The molecule has 0 aliphatic rings. The summed E-state index contributed by atoms with van der Waals surface area (Å²) in [6.07, 6.45) is -8.23. The first-order valence-corrected chi connectivity index (χ1v) is 12.7. The second-order valence-corrected chi connectivity index (χ2v) is 10.2. The van der Waals surface area contributed by atoms with Gasteiger partial charge in [0.1, 0.15) is 24.4 Å². The van der Waals surface area contributed by atoms with Crippen LogP contribution in [0.2, 0.25) is 0 Å². The zero-order chi connectivity index (χ0) is 29.9. The second-order valence-electron chi connectivity index (χ2n) is 10.2. The lowest BCUT2D eigenvalue weighted by atomic mass is 9.97. The first kappa shape index (κ1) is 33.9. The quantitative estimate of drug-likeness (QED) is 0.114. The Morgan fingerprint density at radius 3 is 1.82 bits per heavy atom. The van der Waals surface area contributed by atoms with Crippen molar-refractivity contribution in [2.75, 3.05) is 6.61 Å². The number of amides is 3. The number of hydrogen-bond donors (Lipinski definition) is 9. The van der Waals surface area contributed by atoms with Crippen molar-refractivity contribution in [3.05, 3.63) is 35.9 Å². The van der Waals surface area contributed by atoms with Crippen molar-refractivity contribution in [3.8, 4) is 0 Å². The Morgan fingerprint density at radius 1 is 0.769 bits per heavy atom. The van der Waals surface area contributed by atoms with Crippen LogP contribution < -0.4 is 16.0 Å². The average Bonchev–Trinajstić information content (AvgIpc) is 2.88. The minimum absolute atomic E-state index is 0.0748. The van der Waals surface area contributed by atoms with E-state index in [-0.39, 0.29) is 12.3 Å². The summed E-state index contributed by atoms with van der Waals surface area (Å²) in [5.74, 6) is -4.52. The van der Waals surface area contributed by atoms with Crippen molar-refractivity contribution in [2.24, 2.45) is 11.8 Å². The van der Waals surface area contributed by atoms with E-state index >= 15 is 0 Å². The molecule has 0 aliphatic heterocycles. The monoisotopic (exact) mass is 555 g/mol. The number of hydrogen-bond acceptors (Lipinski definition) is 9. The van der Waals surface area contributed by atoms with Crippen molar-refractivity contribution < 1.29 is 49.8 Å². The van der Waals surface area contributed by atoms with Gasteiger partial charge in [0.25, 0.3) is 5.91 Å². The number of carbonyl (C=O) groups excluding carboxylic acids is 3. The summed E-state index contributed by atoms with van der Waals surface area (Å²) in [4.78, 5) is 49.1. The van der Waals surface area contributed by atoms with Gasteiger partial charge in [0.2, 0.25) is 11.8 Å². The molecule has 0 spiro atoms. The lowest BCUT2D eigenvalue weighted by Crippen LogP contribution is -2.59. The molecule has 39 heavy (non-hydrogen) atoms. The maximum absolute atomic E-state index is 12.9. The van der Waals surface area contributed by atoms with Crippen molar-refractivity contribution in [1.82, 2.24) is 16.0 Å². The molecule has 1 aromatic carbocycles. The maximum Gasteiger partial charge on any atom is 0.305 e. The van der Waals surface area contributed by atoms with Crippen LogP contribution in [0.3, 0.4) is 0 Å². The molecular weight excluding hydrogens is 514 g/mol. The van der Waals surface area contributed by atoms with Gasteiger partial charge in [0.15, 0.2) is 6.10 Å². The molecule has 13 heteroatoms. The van der Waals surface area contributed by atoms with E-state index in [9.17, 15) is 49.8 Å². The molecule has 0 unspecified atom stereocenters. The molecule has 0 aliphatic carbocycles. The normalized spacial score (nSPS) is 16.9. The number of carbonyl (C=O) groups is 4. The van der Waals surface area contributed by atoms with Gasteiger partial charge in [-0.05, 0) is 23.8 Å². The molecule has 7 atom stereocenters. The number of nitrogens with one attached hydrogen (secondary N) is 3. The summed E-state index contributed by atoms with van der Waals surface area (Å²) < 4.78 is 0. The van der Waals surface area contributed by atoms with Gasteiger partial charge < -0.3 is 46.6 Å². The van der Waals surface area contributed by atoms with E-state index in [2.05, 4.69) is 16.0 Å². The number of aliphatic hydroxyl groups excluding tert-OH is 5. The third kappa shape index (κ3) is 10.9. The fraction of sp³-hybridized carbons (Fsp3) is 0.615. The predicted octanol–water partition coefficient (Wildman–Crippen LogP) is -1.57. The highest BCUT2D eigenvalue weighted by molar-refractivity contribution is 5.89. The van der Waals surface area contributed by atoms with Crippen molar-refractivity contribution in [2.45, 2.75) is 83.1 Å². The lowest BCUT2D eigenvalue weighted by molar-refractivity contribution is -0.145. The van der Waals surface area contributed by atoms with Gasteiger partial charge in [-0.15, -0.1) is 0 Å². The highest BCUT2D eigenvalue weighted by atomic mass is 16.4. The van der Waals surface area contributed by atoms with E-state index in [1.165, 1.54) is 0 Å². The molecule has 1 aromatic rings. The van der Waals surface area contributed by atoms with E-state index in [0.717, 1.165) is 0 Å². The molecule has 3 amide bonds. The minimum atomic E-state index is -2.25. The Bertz CT molecular complexity index is 943. The summed E-state index contributed by atoms with van der Waals surface area (Å²) >= 11 is 0. The van der Waals surface area contributed by atoms with Gasteiger partial charge in [-0.25, -0.2) is 0 Å². The summed E-state index contributed by atoms with van der Waals surface area (Å²) in [7, 11) is 0. The molecule has 1 rings (SSSR count). The Labute approximate surface area is 227 Å². The predicted molar refractivity (Wildman–Crippen MR) is 139 cm³/mol. The van der Waals surface area contributed by atoms with Gasteiger partial charge in [-0.2, -0.15) is 0 Å². The molecule has 0 saturated heterocycles. The SMILES string of the molecule is CC(C)C[C@H](NC(=O)[C@@H](O)C(C)C)C(=O)N[C@@H](CO)[C@@H](O)[C@@H](O)[C@H](O)C(=O)N[C@@H](CC(=O)O)c1ccccc1. The van der Waals surface area contributed by atoms with Crippen LogP contribution in [0.25, 0.3) is 0 Å². The van der Waals surface area contributed by atoms with Gasteiger partial charge in [-0.1, -0.05) is 58.0 Å². The van der Waals surface area contributed by atoms with Gasteiger partial charge >= 0.3 is 5.97 Å². The smallest absolute Gasteiger partial charge is 0.305 e. The van der Waals surface area contributed by atoms with Crippen molar-refractivity contribution in [3.63, 3.8) is 0 Å². The van der Waals surface area contributed by atoms with Crippen LogP contribution in [0.4, 0.5) is 0 Å². The Hall–Kier alpha value is -3.10. The third-order valence-corrected chi connectivity index (χ3v) is 6.02. The molecular formula is C26H41N3O10. The molecule has 9 N–H and O–H groups in total. The summed E-state index contributed by atoms with van der Waals surface area (Å²) in [6.45, 7) is 5.91. The standard InChI is InChI=1S/C26H41N3O10/c1-13(2)10-17(28-25(38)20(33)14(3)4)24(37)29-18(12-30)21(34)22(35)23(36)26(39)27-16(11-19(31)32)15-8-6-5-7-9-15/h5-9,13-14,16-18,20-23,30,33-36H,10-12H2,1-4H3,(H,27,39)(H,28,38)(H,29,37)(H,31,32)/t16-,17-,18-,20-,21+,22+,23-/m0/s1. The Morgan fingerprint density at radius 2 is 1.33 bits per heavy atom. The first-order valence-electron chi connectivity index (χ1n) is 12.7. The third-order valence-electron chi connectivity index (χ3n) is 6.02. The molecule has 0 fully saturated rings. The fourth-order valence-corrected chi connectivity index (χ4v) is 3.73. The second kappa shape index (κ2) is 16.1. The highest BCUT2D eigenvalue weighted by Crippen LogP contribution is 2.18. The number of carboxylic acid groups (broad SMARTS) is 1. The number of benzene rings is 1. The van der Waals surface area contributed by atoms with Gasteiger partial charge in [-0.3, -0.25) is 19.2 Å². The zero-order valence-electron chi connectivity index (χ0n) is 22.5. The lowest BCUT2D eigenvalue weighted by Gasteiger charge is -2.31. The zero-order valence-corrected chi connectivity index (χ0v) is 22.5. The molecule has 0 aromatic heterocycles. The van der Waals surface area contributed by atoms with Crippen molar-refractivity contribution >= 4 is 23.7 Å². The molecule has 13 nitrogen and oxygen atoms in total. The van der Waals surface area contributed by atoms with E-state index < -0.39 is 85.2 Å². The van der Waals surface area contributed by atoms with Crippen LogP contribution in [0.15, 0.2) is 30.3 Å². The van der Waals surface area contributed by atoms with Gasteiger partial charge in [0, 0.05) is 0 Å². The molecule has 0 radical (unpaired) electrons. The van der Waals surface area contributed by atoms with Crippen LogP contribution >= 0.6 is 0 Å². The van der Waals surface area contributed by atoms with E-state index in [1.807, 2.05) is 0 Å². The number of rotatable bonds is 16. The fourth-order valence-electron chi connectivity index (χ4n) is 3.73. The number of aliphatic carboxylic acids is 1. The van der Waals surface area contributed by atoms with E-state index in [0.29, 0.717) is 5.56 Å². The summed E-state index contributed by atoms with van der Waals surface area (Å²) in [5.41, 5.74) is 0.428. The van der Waals surface area contributed by atoms with Crippen LogP contribution in [-0.2, 0) is 19.2 Å². The number of carboxylic acids is 1. The first-order chi connectivity index (χ1) is 18.2. The average molecular weight is 556 g/mol. The molecule has 0 heterocycles. The van der Waals surface area contributed by atoms with E-state index in [1.54, 1.807) is 58.0 Å². The Kier molecular flexibility index (Phi) is 14.0. The molecule has 0 saturated carbocycles. The maximum atomic E-state index is 12.9. The van der Waals surface area contributed by atoms with E-state index in [4.69, 9.17) is 0 Å². The van der Waals surface area contributed by atoms with Crippen LogP contribution in [-0.4, -0.2) is 97.4 Å². The highest BCUT2D eigenvalue weighted by Gasteiger charge is 2.37. The largest absolute Gasteiger partial charge is 0.481 e. The minimum Gasteiger partial charge on any atom is -0.481 e.